The highest BCUT2D eigenvalue weighted by Gasteiger charge is 1.99. The van der Waals surface area contributed by atoms with Crippen molar-refractivity contribution in [3.8, 4) is 0 Å². The summed E-state index contributed by atoms with van der Waals surface area (Å²) in [6, 6.07) is 0.328. The highest BCUT2D eigenvalue weighted by atomic mass is 32.2. The molecule has 0 spiro atoms. The molecule has 0 bridgehead atoms. The lowest BCUT2D eigenvalue weighted by molar-refractivity contribution is 0.192. The molecule has 0 radical (unpaired) electrons. The second-order valence-corrected chi connectivity index (χ2v) is 4.03. The first-order valence-electron chi connectivity index (χ1n) is 4.18. The first kappa shape index (κ1) is 11.3. The fourth-order valence-electron chi connectivity index (χ4n) is 0.606. The molecule has 0 rings (SSSR count). The largest absolute Gasteiger partial charge is 0.393 e. The van der Waals surface area contributed by atoms with Crippen LogP contribution in [0.2, 0.25) is 0 Å². The minimum absolute atomic E-state index is 0.166. The molecule has 0 aliphatic rings. The third-order valence-electron chi connectivity index (χ3n) is 1.54. The van der Waals surface area contributed by atoms with Crippen LogP contribution < -0.4 is 5.73 Å². The van der Waals surface area contributed by atoms with E-state index in [1.54, 1.807) is 0 Å². The van der Waals surface area contributed by atoms with E-state index in [-0.39, 0.29) is 6.10 Å². The molecule has 2 atom stereocenters. The summed E-state index contributed by atoms with van der Waals surface area (Å²) in [4.78, 5) is 0. The first-order chi connectivity index (χ1) is 5.16. The Morgan fingerprint density at radius 2 is 2.18 bits per heavy atom. The Morgan fingerprint density at radius 3 is 2.64 bits per heavy atom. The number of thioether (sulfide) groups is 1. The second-order valence-electron chi connectivity index (χ2n) is 2.88. The average Bonchev–Trinajstić information content (AvgIpc) is 1.97. The molecule has 0 aliphatic heterocycles. The molecule has 0 aromatic carbocycles. The van der Waals surface area contributed by atoms with Gasteiger partial charge < -0.3 is 10.8 Å². The fraction of sp³-hybridized carbons (Fsp3) is 1.00. The van der Waals surface area contributed by atoms with Gasteiger partial charge in [-0.3, -0.25) is 0 Å². The smallest absolute Gasteiger partial charge is 0.0520 e. The van der Waals surface area contributed by atoms with Gasteiger partial charge in [-0.1, -0.05) is 6.92 Å². The van der Waals surface area contributed by atoms with Gasteiger partial charge >= 0.3 is 0 Å². The Bertz CT molecular complexity index is 88.2. The van der Waals surface area contributed by atoms with Gasteiger partial charge in [0.15, 0.2) is 0 Å². The summed E-state index contributed by atoms with van der Waals surface area (Å²) in [6.07, 6.45) is 1.75. The molecular formula is C8H19NOS. The third kappa shape index (κ3) is 8.17. The Kier molecular flexibility index (Phi) is 7.12. The molecule has 0 aliphatic carbocycles. The molecule has 11 heavy (non-hydrogen) atoms. The van der Waals surface area contributed by atoms with Crippen molar-refractivity contribution in [2.24, 2.45) is 5.73 Å². The van der Waals surface area contributed by atoms with Crippen LogP contribution >= 0.6 is 11.8 Å². The van der Waals surface area contributed by atoms with E-state index in [4.69, 9.17) is 10.8 Å². The van der Waals surface area contributed by atoms with Crippen LogP contribution in [0.4, 0.5) is 0 Å². The quantitative estimate of drug-likeness (QED) is 0.600. The molecule has 0 aromatic heterocycles. The van der Waals surface area contributed by atoms with Crippen LogP contribution in [-0.4, -0.2) is 28.8 Å². The normalized spacial score (nSPS) is 16.4. The van der Waals surface area contributed by atoms with Crippen molar-refractivity contribution < 1.29 is 5.11 Å². The zero-order chi connectivity index (χ0) is 8.69. The molecule has 0 amide bonds. The summed E-state index contributed by atoms with van der Waals surface area (Å²) in [5, 5.41) is 8.93. The van der Waals surface area contributed by atoms with Crippen LogP contribution in [0, 0.1) is 0 Å². The van der Waals surface area contributed by atoms with E-state index in [9.17, 15) is 0 Å². The van der Waals surface area contributed by atoms with Crippen molar-refractivity contribution in [3.05, 3.63) is 0 Å². The van der Waals surface area contributed by atoms with E-state index in [1.807, 2.05) is 18.7 Å². The van der Waals surface area contributed by atoms with Crippen molar-refractivity contribution in [1.29, 1.82) is 0 Å². The van der Waals surface area contributed by atoms with Gasteiger partial charge in [0.2, 0.25) is 0 Å². The first-order valence-corrected chi connectivity index (χ1v) is 5.33. The minimum atomic E-state index is -0.166. The highest BCUT2D eigenvalue weighted by Crippen LogP contribution is 2.06. The zero-order valence-electron chi connectivity index (χ0n) is 7.42. The summed E-state index contributed by atoms with van der Waals surface area (Å²) in [6.45, 7) is 3.92. The van der Waals surface area contributed by atoms with Gasteiger partial charge in [-0.15, -0.1) is 0 Å². The predicted octanol–water partition coefficient (Wildman–Crippen LogP) is 1.23. The van der Waals surface area contributed by atoms with E-state index in [0.717, 1.165) is 24.3 Å². The van der Waals surface area contributed by atoms with E-state index in [2.05, 4.69) is 6.92 Å². The van der Waals surface area contributed by atoms with Crippen molar-refractivity contribution in [1.82, 2.24) is 0 Å². The summed E-state index contributed by atoms with van der Waals surface area (Å²) in [5.74, 6) is 2.04. The zero-order valence-corrected chi connectivity index (χ0v) is 8.23. The summed E-state index contributed by atoms with van der Waals surface area (Å²) in [7, 11) is 0. The van der Waals surface area contributed by atoms with E-state index >= 15 is 0 Å². The lowest BCUT2D eigenvalue weighted by atomic mass is 10.3. The maximum atomic E-state index is 8.93. The summed E-state index contributed by atoms with van der Waals surface area (Å²) in [5.41, 5.74) is 5.71. The monoisotopic (exact) mass is 177 g/mol. The van der Waals surface area contributed by atoms with E-state index in [0.29, 0.717) is 6.04 Å². The van der Waals surface area contributed by atoms with Crippen LogP contribution in [0.25, 0.3) is 0 Å². The number of hydrogen-bond acceptors (Lipinski definition) is 3. The van der Waals surface area contributed by atoms with Gasteiger partial charge in [0.05, 0.1) is 6.10 Å². The average molecular weight is 177 g/mol. The van der Waals surface area contributed by atoms with Crippen LogP contribution in [0.5, 0.6) is 0 Å². The second kappa shape index (κ2) is 6.95. The fourth-order valence-corrected chi connectivity index (χ4v) is 1.82. The molecule has 0 saturated heterocycles. The molecule has 68 valence electrons. The number of nitrogens with two attached hydrogens (primary N) is 1. The van der Waals surface area contributed by atoms with Crippen LogP contribution in [0.15, 0.2) is 0 Å². The molecule has 3 N–H and O–H groups in total. The molecule has 0 aromatic rings. The van der Waals surface area contributed by atoms with Gasteiger partial charge in [-0.05, 0) is 25.5 Å². The van der Waals surface area contributed by atoms with Crippen LogP contribution in [-0.2, 0) is 0 Å². The van der Waals surface area contributed by atoms with Crippen molar-refractivity contribution in [2.75, 3.05) is 11.5 Å². The Balaban J connectivity index is 3.01. The van der Waals surface area contributed by atoms with Crippen LogP contribution in [0.3, 0.4) is 0 Å². The molecule has 3 heteroatoms. The Labute approximate surface area is 73.6 Å². The summed E-state index contributed by atoms with van der Waals surface area (Å²) >= 11 is 1.83. The molecule has 2 nitrogen and oxygen atoms in total. The maximum Gasteiger partial charge on any atom is 0.0520 e. The molecule has 0 saturated carbocycles. The predicted molar refractivity (Wildman–Crippen MR) is 51.9 cm³/mol. The SMILES string of the molecule is CCC(N)CSCCC(C)O. The van der Waals surface area contributed by atoms with E-state index < -0.39 is 0 Å². The third-order valence-corrected chi connectivity index (χ3v) is 2.72. The standard InChI is InChI=1S/C8H19NOS/c1-3-8(9)6-11-5-4-7(2)10/h7-8,10H,3-6,9H2,1-2H3. The van der Waals surface area contributed by atoms with E-state index in [1.165, 1.54) is 0 Å². The van der Waals surface area contributed by atoms with Gasteiger partial charge in [0.25, 0.3) is 0 Å². The lowest BCUT2D eigenvalue weighted by Gasteiger charge is -2.08. The molecule has 2 unspecified atom stereocenters. The highest BCUT2D eigenvalue weighted by molar-refractivity contribution is 7.99. The number of rotatable bonds is 6. The van der Waals surface area contributed by atoms with Gasteiger partial charge in [-0.2, -0.15) is 11.8 Å². The molecular weight excluding hydrogens is 158 g/mol. The lowest BCUT2D eigenvalue weighted by Crippen LogP contribution is -2.21. The van der Waals surface area contributed by atoms with Crippen molar-refractivity contribution >= 4 is 11.8 Å². The van der Waals surface area contributed by atoms with Crippen molar-refractivity contribution in [3.63, 3.8) is 0 Å². The Morgan fingerprint density at radius 1 is 1.55 bits per heavy atom. The minimum Gasteiger partial charge on any atom is -0.393 e. The van der Waals surface area contributed by atoms with Gasteiger partial charge in [-0.25, -0.2) is 0 Å². The number of aliphatic hydroxyl groups is 1. The summed E-state index contributed by atoms with van der Waals surface area (Å²) < 4.78 is 0. The van der Waals surface area contributed by atoms with Gasteiger partial charge in [0.1, 0.15) is 0 Å². The maximum absolute atomic E-state index is 8.93. The Hall–Kier alpha value is 0.270. The number of hydrogen-bond donors (Lipinski definition) is 2. The van der Waals surface area contributed by atoms with Gasteiger partial charge in [0, 0.05) is 11.8 Å². The molecule has 0 fully saturated rings. The topological polar surface area (TPSA) is 46.2 Å². The van der Waals surface area contributed by atoms with Crippen molar-refractivity contribution in [2.45, 2.75) is 38.8 Å². The van der Waals surface area contributed by atoms with Crippen LogP contribution in [0.1, 0.15) is 26.7 Å². The number of aliphatic hydroxyl groups excluding tert-OH is 1. The molecule has 0 heterocycles.